The molecule has 6 heteroatoms. The first-order chi connectivity index (χ1) is 10.2. The lowest BCUT2D eigenvalue weighted by Gasteiger charge is -2.17. The highest BCUT2D eigenvalue weighted by molar-refractivity contribution is 14.0. The van der Waals surface area contributed by atoms with Crippen molar-refractivity contribution < 1.29 is 0 Å². The van der Waals surface area contributed by atoms with E-state index in [0.717, 1.165) is 22.8 Å². The second-order valence-corrected chi connectivity index (χ2v) is 6.91. The molecule has 0 radical (unpaired) electrons. The number of aliphatic imine (C=N–C) groups is 1. The van der Waals surface area contributed by atoms with Gasteiger partial charge in [-0.05, 0) is 50.1 Å². The van der Waals surface area contributed by atoms with Crippen molar-refractivity contribution in [3.8, 4) is 0 Å². The van der Waals surface area contributed by atoms with Crippen LogP contribution in [0.4, 0.5) is 0 Å². The minimum atomic E-state index is 0. The Morgan fingerprint density at radius 1 is 1.32 bits per heavy atom. The quantitative estimate of drug-likeness (QED) is 0.396. The summed E-state index contributed by atoms with van der Waals surface area (Å²) >= 11 is 7.88. The number of nitrogens with one attached hydrogen (secondary N) is 2. The van der Waals surface area contributed by atoms with Gasteiger partial charge in [0.15, 0.2) is 5.96 Å². The maximum absolute atomic E-state index is 5.90. The van der Waals surface area contributed by atoms with Crippen molar-refractivity contribution in [3.05, 3.63) is 34.9 Å². The van der Waals surface area contributed by atoms with E-state index in [0.29, 0.717) is 12.6 Å². The van der Waals surface area contributed by atoms with Gasteiger partial charge in [-0.15, -0.1) is 24.0 Å². The van der Waals surface area contributed by atoms with Crippen LogP contribution in [0.5, 0.6) is 0 Å². The summed E-state index contributed by atoms with van der Waals surface area (Å²) in [7, 11) is 0. The molecule has 1 fully saturated rings. The van der Waals surface area contributed by atoms with Gasteiger partial charge >= 0.3 is 0 Å². The number of rotatable bonds is 5. The molecule has 1 saturated carbocycles. The average Bonchev–Trinajstić information content (AvgIpc) is 2.94. The molecule has 1 aliphatic carbocycles. The van der Waals surface area contributed by atoms with E-state index < -0.39 is 0 Å². The predicted octanol–water partition coefficient (Wildman–Crippen LogP) is 4.30. The minimum Gasteiger partial charge on any atom is -0.357 e. The van der Waals surface area contributed by atoms with Crippen LogP contribution in [0.3, 0.4) is 0 Å². The fourth-order valence-electron chi connectivity index (χ4n) is 2.56. The van der Waals surface area contributed by atoms with Gasteiger partial charge in [-0.25, -0.2) is 4.99 Å². The van der Waals surface area contributed by atoms with E-state index in [-0.39, 0.29) is 24.0 Å². The lowest BCUT2D eigenvalue weighted by molar-refractivity contribution is 0.615. The normalized spacial score (nSPS) is 21.3. The van der Waals surface area contributed by atoms with E-state index in [1.54, 1.807) is 0 Å². The predicted molar refractivity (Wildman–Crippen MR) is 110 cm³/mol. The van der Waals surface area contributed by atoms with Crippen molar-refractivity contribution in [3.63, 3.8) is 0 Å². The smallest absolute Gasteiger partial charge is 0.191 e. The van der Waals surface area contributed by atoms with Gasteiger partial charge in [0.2, 0.25) is 0 Å². The molecule has 0 aliphatic heterocycles. The highest BCUT2D eigenvalue weighted by atomic mass is 127. The Balaban J connectivity index is 0.00000242. The van der Waals surface area contributed by atoms with Gasteiger partial charge in [0.1, 0.15) is 0 Å². The third kappa shape index (κ3) is 6.54. The number of hydrogen-bond donors (Lipinski definition) is 2. The Bertz CT molecular complexity index is 467. The van der Waals surface area contributed by atoms with Crippen molar-refractivity contribution in [2.45, 2.75) is 44.0 Å². The largest absolute Gasteiger partial charge is 0.357 e. The van der Waals surface area contributed by atoms with E-state index >= 15 is 0 Å². The van der Waals surface area contributed by atoms with Crippen molar-refractivity contribution >= 4 is 53.3 Å². The summed E-state index contributed by atoms with van der Waals surface area (Å²) in [4.78, 5) is 4.67. The molecule has 124 valence electrons. The van der Waals surface area contributed by atoms with Gasteiger partial charge in [0.05, 0.1) is 6.54 Å². The molecule has 0 amide bonds. The van der Waals surface area contributed by atoms with Crippen LogP contribution in [-0.4, -0.2) is 30.1 Å². The molecule has 22 heavy (non-hydrogen) atoms. The molecule has 0 spiro atoms. The lowest BCUT2D eigenvalue weighted by Crippen LogP contribution is -2.42. The summed E-state index contributed by atoms with van der Waals surface area (Å²) in [6.45, 7) is 3.65. The summed E-state index contributed by atoms with van der Waals surface area (Å²) in [5.41, 5.74) is 1.17. The molecular weight excluding hydrogens is 429 g/mol. The zero-order chi connectivity index (χ0) is 15.1. The summed E-state index contributed by atoms with van der Waals surface area (Å²) in [5, 5.41) is 8.45. The maximum atomic E-state index is 5.90. The van der Waals surface area contributed by atoms with E-state index in [2.05, 4.69) is 28.8 Å². The van der Waals surface area contributed by atoms with Gasteiger partial charge in [-0.2, -0.15) is 11.8 Å². The van der Waals surface area contributed by atoms with Crippen LogP contribution in [0.25, 0.3) is 0 Å². The minimum absolute atomic E-state index is 0. The molecule has 3 nitrogen and oxygen atoms in total. The molecule has 1 aromatic carbocycles. The fourth-order valence-corrected chi connectivity index (χ4v) is 3.48. The van der Waals surface area contributed by atoms with Gasteiger partial charge in [0.25, 0.3) is 0 Å². The number of guanidine groups is 1. The first-order valence-corrected chi connectivity index (χ1v) is 9.20. The second kappa shape index (κ2) is 10.6. The van der Waals surface area contributed by atoms with Crippen LogP contribution < -0.4 is 10.6 Å². The van der Waals surface area contributed by atoms with E-state index in [4.69, 9.17) is 11.6 Å². The van der Waals surface area contributed by atoms with Crippen LogP contribution in [0.2, 0.25) is 5.02 Å². The molecule has 0 aromatic heterocycles. The standard InChI is InChI=1S/C16H24ClN3S.HI/c1-3-18-16(20-14-8-9-15(10-14)21-2)19-11-12-4-6-13(17)7-5-12;/h4-7,14-15H,3,8-11H2,1-2H3,(H2,18,19,20);1H. The Kier molecular flexibility index (Phi) is 9.59. The zero-order valence-corrected chi connectivity index (χ0v) is 17.0. The number of benzene rings is 1. The summed E-state index contributed by atoms with van der Waals surface area (Å²) < 4.78 is 0. The number of nitrogens with zero attached hydrogens (tertiary/aromatic N) is 1. The summed E-state index contributed by atoms with van der Waals surface area (Å²) in [5.74, 6) is 0.916. The van der Waals surface area contributed by atoms with Crippen LogP contribution >= 0.6 is 47.3 Å². The highest BCUT2D eigenvalue weighted by Gasteiger charge is 2.24. The monoisotopic (exact) mass is 453 g/mol. The Hall–Kier alpha value is -0.140. The Morgan fingerprint density at radius 3 is 2.64 bits per heavy atom. The third-order valence-corrected chi connectivity index (χ3v) is 5.08. The summed E-state index contributed by atoms with van der Waals surface area (Å²) in [6.07, 6.45) is 5.96. The van der Waals surface area contributed by atoms with Crippen LogP contribution in [0, 0.1) is 0 Å². The van der Waals surface area contributed by atoms with E-state index in [1.807, 2.05) is 36.0 Å². The lowest BCUT2D eigenvalue weighted by atomic mass is 10.2. The number of thioether (sulfide) groups is 1. The summed E-state index contributed by atoms with van der Waals surface area (Å²) in [6, 6.07) is 8.41. The first kappa shape index (κ1) is 19.9. The number of halogens is 2. The molecule has 1 aromatic rings. The molecule has 2 N–H and O–H groups in total. The molecule has 2 unspecified atom stereocenters. The third-order valence-electron chi connectivity index (χ3n) is 3.74. The van der Waals surface area contributed by atoms with Gasteiger partial charge in [0, 0.05) is 22.9 Å². The molecule has 1 aliphatic rings. The van der Waals surface area contributed by atoms with Crippen molar-refractivity contribution in [2.24, 2.45) is 4.99 Å². The molecular formula is C16H25ClIN3S. The topological polar surface area (TPSA) is 36.4 Å². The average molecular weight is 454 g/mol. The molecule has 2 rings (SSSR count). The molecule has 0 heterocycles. The van der Waals surface area contributed by atoms with Gasteiger partial charge in [-0.1, -0.05) is 23.7 Å². The maximum Gasteiger partial charge on any atom is 0.191 e. The van der Waals surface area contributed by atoms with Crippen molar-refractivity contribution in [1.29, 1.82) is 0 Å². The SMILES string of the molecule is CCNC(=NCc1ccc(Cl)cc1)NC1CCC(SC)C1.I. The van der Waals surface area contributed by atoms with Gasteiger partial charge in [-0.3, -0.25) is 0 Å². The molecule has 0 bridgehead atoms. The second-order valence-electron chi connectivity index (χ2n) is 5.33. The molecule has 0 saturated heterocycles. The van der Waals surface area contributed by atoms with E-state index in [9.17, 15) is 0 Å². The van der Waals surface area contributed by atoms with Crippen LogP contribution in [-0.2, 0) is 6.54 Å². The Morgan fingerprint density at radius 2 is 2.05 bits per heavy atom. The van der Waals surface area contributed by atoms with E-state index in [1.165, 1.54) is 24.8 Å². The first-order valence-electron chi connectivity index (χ1n) is 7.53. The number of hydrogen-bond acceptors (Lipinski definition) is 2. The Labute approximate surface area is 160 Å². The zero-order valence-electron chi connectivity index (χ0n) is 13.1. The van der Waals surface area contributed by atoms with Crippen LogP contribution in [0.15, 0.2) is 29.3 Å². The van der Waals surface area contributed by atoms with Gasteiger partial charge < -0.3 is 10.6 Å². The highest BCUT2D eigenvalue weighted by Crippen LogP contribution is 2.28. The van der Waals surface area contributed by atoms with Crippen LogP contribution in [0.1, 0.15) is 31.7 Å². The molecule has 2 atom stereocenters. The van der Waals surface area contributed by atoms with Crippen molar-refractivity contribution in [2.75, 3.05) is 12.8 Å². The fraction of sp³-hybridized carbons (Fsp3) is 0.562. The van der Waals surface area contributed by atoms with Crippen molar-refractivity contribution in [1.82, 2.24) is 10.6 Å².